The summed E-state index contributed by atoms with van der Waals surface area (Å²) in [5, 5.41) is 8.88. The molecule has 1 aliphatic rings. The number of amides is 1. The van der Waals surface area contributed by atoms with Crippen LogP contribution in [0.5, 0.6) is 5.88 Å². The Morgan fingerprint density at radius 1 is 1.44 bits per heavy atom. The molecule has 2 rings (SSSR count). The Labute approximate surface area is 149 Å². The van der Waals surface area contributed by atoms with Crippen LogP contribution in [0.1, 0.15) is 58.4 Å². The van der Waals surface area contributed by atoms with E-state index in [9.17, 15) is 4.79 Å². The van der Waals surface area contributed by atoms with Crippen molar-refractivity contribution >= 4 is 6.09 Å². The summed E-state index contributed by atoms with van der Waals surface area (Å²) in [5.41, 5.74) is 0.0629. The molecule has 0 unspecified atom stereocenters. The normalized spacial score (nSPS) is 17.7. The van der Waals surface area contributed by atoms with Crippen LogP contribution in [0.15, 0.2) is 18.3 Å². The number of carbonyl (C=O) groups is 1. The Morgan fingerprint density at radius 2 is 2.24 bits per heavy atom. The van der Waals surface area contributed by atoms with Gasteiger partial charge in [-0.1, -0.05) is 0 Å². The second-order valence-electron chi connectivity index (χ2n) is 7.31. The molecule has 0 saturated carbocycles. The van der Waals surface area contributed by atoms with Crippen molar-refractivity contribution in [3.8, 4) is 11.9 Å². The lowest BCUT2D eigenvalue weighted by molar-refractivity contribution is 0.00822. The van der Waals surface area contributed by atoms with E-state index < -0.39 is 5.60 Å². The molecule has 0 N–H and O–H groups in total. The van der Waals surface area contributed by atoms with Gasteiger partial charge in [0.25, 0.3) is 0 Å². The van der Waals surface area contributed by atoms with Gasteiger partial charge in [0.05, 0.1) is 18.2 Å². The van der Waals surface area contributed by atoms with Gasteiger partial charge in [-0.15, -0.1) is 0 Å². The molecule has 0 aromatic carbocycles. The van der Waals surface area contributed by atoms with Gasteiger partial charge in [0.2, 0.25) is 5.88 Å². The molecule has 1 aromatic heterocycles. The lowest BCUT2D eigenvalue weighted by Gasteiger charge is -2.36. The van der Waals surface area contributed by atoms with Crippen molar-refractivity contribution < 1.29 is 14.3 Å². The predicted molar refractivity (Wildman–Crippen MR) is 94.3 cm³/mol. The van der Waals surface area contributed by atoms with Crippen LogP contribution in [0, 0.1) is 11.3 Å². The Kier molecular flexibility index (Phi) is 6.63. The fourth-order valence-corrected chi connectivity index (χ4v) is 2.92. The largest absolute Gasteiger partial charge is 0.478 e. The molecule has 2 heterocycles. The predicted octanol–water partition coefficient (Wildman–Crippen LogP) is 3.90. The van der Waals surface area contributed by atoms with Crippen LogP contribution in [-0.4, -0.2) is 40.8 Å². The van der Waals surface area contributed by atoms with Crippen LogP contribution >= 0.6 is 0 Å². The molecule has 6 heteroatoms. The molecule has 1 aliphatic heterocycles. The molecular formula is C19H27N3O3. The van der Waals surface area contributed by atoms with Gasteiger partial charge in [0.15, 0.2) is 0 Å². The number of ether oxygens (including phenoxy) is 2. The molecule has 1 atom stereocenters. The van der Waals surface area contributed by atoms with E-state index in [1.165, 1.54) is 0 Å². The van der Waals surface area contributed by atoms with E-state index in [4.69, 9.17) is 14.7 Å². The molecule has 1 aromatic rings. The quantitative estimate of drug-likeness (QED) is 0.757. The monoisotopic (exact) mass is 345 g/mol. The van der Waals surface area contributed by atoms with Crippen molar-refractivity contribution in [3.63, 3.8) is 0 Å². The molecule has 6 nitrogen and oxygen atoms in total. The van der Waals surface area contributed by atoms with Gasteiger partial charge in [0, 0.05) is 24.8 Å². The Morgan fingerprint density at radius 3 is 2.96 bits per heavy atom. The lowest BCUT2D eigenvalue weighted by atomic mass is 9.98. The van der Waals surface area contributed by atoms with Gasteiger partial charge in [-0.2, -0.15) is 5.26 Å². The number of nitriles is 1. The van der Waals surface area contributed by atoms with E-state index in [1.807, 2.05) is 25.7 Å². The molecule has 1 saturated heterocycles. The molecule has 0 aliphatic carbocycles. The third kappa shape index (κ3) is 6.26. The first-order valence-corrected chi connectivity index (χ1v) is 8.87. The van der Waals surface area contributed by atoms with E-state index in [2.05, 4.69) is 11.1 Å². The van der Waals surface area contributed by atoms with Gasteiger partial charge in [-0.3, -0.25) is 0 Å². The molecule has 1 amide bonds. The number of hydrogen-bond acceptors (Lipinski definition) is 5. The van der Waals surface area contributed by atoms with Crippen LogP contribution < -0.4 is 4.74 Å². The maximum Gasteiger partial charge on any atom is 0.410 e. The maximum absolute atomic E-state index is 12.4. The van der Waals surface area contributed by atoms with Crippen molar-refractivity contribution in [2.24, 2.45) is 0 Å². The summed E-state index contributed by atoms with van der Waals surface area (Å²) < 4.78 is 11.1. The van der Waals surface area contributed by atoms with Gasteiger partial charge in [-0.05, 0) is 58.9 Å². The zero-order chi connectivity index (χ0) is 18.3. The van der Waals surface area contributed by atoms with Crippen LogP contribution in [0.3, 0.4) is 0 Å². The van der Waals surface area contributed by atoms with E-state index in [-0.39, 0.29) is 12.1 Å². The highest BCUT2D eigenvalue weighted by Gasteiger charge is 2.30. The third-order valence-corrected chi connectivity index (χ3v) is 4.05. The van der Waals surface area contributed by atoms with Gasteiger partial charge < -0.3 is 14.4 Å². The SMILES string of the molecule is CC(C)(C)OC(=O)N1CCCC[C@@H]1CCCOc1cc(C#N)ccn1. The summed E-state index contributed by atoms with van der Waals surface area (Å²) in [6, 6.07) is 5.55. The number of nitrogens with zero attached hydrogens (tertiary/aromatic N) is 3. The summed E-state index contributed by atoms with van der Waals surface area (Å²) in [6.45, 7) is 6.94. The van der Waals surface area contributed by atoms with Crippen molar-refractivity contribution in [2.75, 3.05) is 13.2 Å². The topological polar surface area (TPSA) is 75.4 Å². The summed E-state index contributed by atoms with van der Waals surface area (Å²) >= 11 is 0. The highest BCUT2D eigenvalue weighted by atomic mass is 16.6. The molecule has 0 radical (unpaired) electrons. The molecule has 0 bridgehead atoms. The number of rotatable bonds is 5. The Balaban J connectivity index is 1.81. The van der Waals surface area contributed by atoms with Gasteiger partial charge >= 0.3 is 6.09 Å². The first kappa shape index (κ1) is 19.0. The lowest BCUT2D eigenvalue weighted by Crippen LogP contribution is -2.46. The fraction of sp³-hybridized carbons (Fsp3) is 0.632. The summed E-state index contributed by atoms with van der Waals surface area (Å²) in [5.74, 6) is 0.465. The number of carbonyl (C=O) groups excluding carboxylic acids is 1. The average Bonchev–Trinajstić information content (AvgIpc) is 2.58. The van der Waals surface area contributed by atoms with Crippen molar-refractivity contribution in [1.82, 2.24) is 9.88 Å². The zero-order valence-corrected chi connectivity index (χ0v) is 15.3. The number of hydrogen-bond donors (Lipinski definition) is 0. The number of pyridine rings is 1. The van der Waals surface area contributed by atoms with Crippen molar-refractivity contribution in [3.05, 3.63) is 23.9 Å². The van der Waals surface area contributed by atoms with E-state index in [0.717, 1.165) is 38.6 Å². The van der Waals surface area contributed by atoms with Crippen molar-refractivity contribution in [1.29, 1.82) is 5.26 Å². The highest BCUT2D eigenvalue weighted by Crippen LogP contribution is 2.23. The minimum Gasteiger partial charge on any atom is -0.478 e. The molecule has 136 valence electrons. The van der Waals surface area contributed by atoms with E-state index >= 15 is 0 Å². The molecule has 25 heavy (non-hydrogen) atoms. The fourth-order valence-electron chi connectivity index (χ4n) is 2.92. The second-order valence-corrected chi connectivity index (χ2v) is 7.31. The highest BCUT2D eigenvalue weighted by molar-refractivity contribution is 5.68. The first-order chi connectivity index (χ1) is 11.9. The smallest absolute Gasteiger partial charge is 0.410 e. The molecule has 0 spiro atoms. The van der Waals surface area contributed by atoms with Crippen molar-refractivity contribution in [2.45, 2.75) is 64.5 Å². The Hall–Kier alpha value is -2.29. The summed E-state index contributed by atoms with van der Waals surface area (Å²) in [4.78, 5) is 18.3. The average molecular weight is 345 g/mol. The first-order valence-electron chi connectivity index (χ1n) is 8.87. The number of likely N-dealkylation sites (tertiary alicyclic amines) is 1. The minimum atomic E-state index is -0.473. The molecular weight excluding hydrogens is 318 g/mol. The second kappa shape index (κ2) is 8.70. The van der Waals surface area contributed by atoms with Gasteiger partial charge in [0.1, 0.15) is 5.60 Å². The molecule has 1 fully saturated rings. The summed E-state index contributed by atoms with van der Waals surface area (Å²) in [7, 11) is 0. The Bertz CT molecular complexity index is 619. The van der Waals surface area contributed by atoms with Gasteiger partial charge in [-0.25, -0.2) is 9.78 Å². The summed E-state index contributed by atoms with van der Waals surface area (Å²) in [6.07, 6.45) is 6.20. The number of piperidine rings is 1. The number of aromatic nitrogens is 1. The van der Waals surface area contributed by atoms with Crippen LogP contribution in [0.2, 0.25) is 0 Å². The van der Waals surface area contributed by atoms with Crippen LogP contribution in [0.25, 0.3) is 0 Å². The van der Waals surface area contributed by atoms with E-state index in [1.54, 1.807) is 18.3 Å². The van der Waals surface area contributed by atoms with E-state index in [0.29, 0.717) is 18.1 Å². The third-order valence-electron chi connectivity index (χ3n) is 4.05. The van der Waals surface area contributed by atoms with Crippen LogP contribution in [0.4, 0.5) is 4.79 Å². The maximum atomic E-state index is 12.4. The van der Waals surface area contributed by atoms with Crippen LogP contribution in [-0.2, 0) is 4.74 Å². The minimum absolute atomic E-state index is 0.200. The standard InChI is InChI=1S/C19H27N3O3/c1-19(2,3)25-18(23)22-11-5-4-7-16(22)8-6-12-24-17-13-15(14-20)9-10-21-17/h9-10,13,16H,4-8,11-12H2,1-3H3/t16-/m1/s1. The zero-order valence-electron chi connectivity index (χ0n) is 15.3.